The maximum atomic E-state index is 10.9. The first-order valence-corrected chi connectivity index (χ1v) is 6.61. The number of nitrogens with zero attached hydrogens (tertiary/aromatic N) is 1. The molecule has 0 saturated carbocycles. The molecule has 1 atom stereocenters. The van der Waals surface area contributed by atoms with Gasteiger partial charge in [-0.15, -0.1) is 0 Å². The lowest BCUT2D eigenvalue weighted by Gasteiger charge is -2.22. The zero-order chi connectivity index (χ0) is 15.3. The van der Waals surface area contributed by atoms with Crippen molar-refractivity contribution in [3.05, 3.63) is 23.8 Å². The van der Waals surface area contributed by atoms with Crippen molar-refractivity contribution < 1.29 is 19.4 Å². The molecular weight excluding hydrogens is 258 g/mol. The number of ether oxygens (including phenoxy) is 2. The molecule has 0 saturated heterocycles. The Morgan fingerprint density at radius 3 is 2.45 bits per heavy atom. The monoisotopic (exact) mass is 281 g/mol. The lowest BCUT2D eigenvalue weighted by Crippen LogP contribution is -2.35. The van der Waals surface area contributed by atoms with E-state index in [1.54, 1.807) is 26.0 Å². The first-order valence-electron chi connectivity index (χ1n) is 6.61. The van der Waals surface area contributed by atoms with E-state index < -0.39 is 12.0 Å². The summed E-state index contributed by atoms with van der Waals surface area (Å²) in [5.41, 5.74) is 0.980. The van der Waals surface area contributed by atoms with Crippen LogP contribution in [0.1, 0.15) is 26.3 Å². The Morgan fingerprint density at radius 1 is 1.30 bits per heavy atom. The second-order valence-corrected chi connectivity index (χ2v) is 5.08. The van der Waals surface area contributed by atoms with Crippen LogP contribution in [0.4, 0.5) is 0 Å². The molecule has 1 unspecified atom stereocenters. The van der Waals surface area contributed by atoms with Crippen LogP contribution in [0, 0.1) is 0 Å². The van der Waals surface area contributed by atoms with E-state index in [1.807, 2.05) is 32.0 Å². The molecule has 1 N–H and O–H groups in total. The topological polar surface area (TPSA) is 59.0 Å². The number of benzene rings is 1. The van der Waals surface area contributed by atoms with Gasteiger partial charge in [-0.1, -0.05) is 6.07 Å². The minimum atomic E-state index is -0.834. The van der Waals surface area contributed by atoms with E-state index >= 15 is 0 Å². The molecule has 20 heavy (non-hydrogen) atoms. The van der Waals surface area contributed by atoms with Crippen LogP contribution in [0.15, 0.2) is 18.2 Å². The van der Waals surface area contributed by atoms with Gasteiger partial charge in [0.15, 0.2) is 11.5 Å². The number of likely N-dealkylation sites (N-methyl/N-ethyl adjacent to an activating group) is 1. The van der Waals surface area contributed by atoms with Crippen molar-refractivity contribution >= 4 is 5.97 Å². The average Bonchev–Trinajstić information content (AvgIpc) is 2.38. The van der Waals surface area contributed by atoms with Gasteiger partial charge in [0.25, 0.3) is 0 Å². The largest absolute Gasteiger partial charge is 0.493 e. The van der Waals surface area contributed by atoms with Crippen molar-refractivity contribution in [1.29, 1.82) is 0 Å². The number of rotatable bonds is 7. The predicted octanol–water partition coefficient (Wildman–Crippen LogP) is 2.39. The van der Waals surface area contributed by atoms with Crippen molar-refractivity contribution in [3.63, 3.8) is 0 Å². The van der Waals surface area contributed by atoms with Crippen molar-refractivity contribution in [2.24, 2.45) is 0 Å². The van der Waals surface area contributed by atoms with Gasteiger partial charge < -0.3 is 14.6 Å². The Morgan fingerprint density at radius 2 is 1.95 bits per heavy atom. The molecule has 0 amide bonds. The molecule has 0 radical (unpaired) electrons. The van der Waals surface area contributed by atoms with E-state index in [0.29, 0.717) is 18.0 Å². The summed E-state index contributed by atoms with van der Waals surface area (Å²) in [6.07, 6.45) is 0.0736. The third-order valence-corrected chi connectivity index (χ3v) is 3.04. The molecule has 1 rings (SSSR count). The van der Waals surface area contributed by atoms with E-state index in [1.165, 1.54) is 0 Å². The Kier molecular flexibility index (Phi) is 5.82. The molecule has 0 heterocycles. The van der Waals surface area contributed by atoms with Crippen LogP contribution in [0.25, 0.3) is 0 Å². The zero-order valence-corrected chi connectivity index (χ0v) is 12.7. The maximum Gasteiger partial charge on any atom is 0.320 e. The Bertz CT molecular complexity index is 459. The second kappa shape index (κ2) is 7.14. The van der Waals surface area contributed by atoms with Gasteiger partial charge in [-0.2, -0.15) is 0 Å². The molecule has 0 aliphatic heterocycles. The van der Waals surface area contributed by atoms with Gasteiger partial charge in [-0.25, -0.2) is 0 Å². The first-order chi connectivity index (χ1) is 9.35. The fraction of sp³-hybridized carbons (Fsp3) is 0.533. The van der Waals surface area contributed by atoms with Gasteiger partial charge in [0.2, 0.25) is 0 Å². The predicted molar refractivity (Wildman–Crippen MR) is 77.3 cm³/mol. The molecule has 1 aromatic carbocycles. The summed E-state index contributed by atoms with van der Waals surface area (Å²) in [7, 11) is 3.37. The molecule has 0 spiro atoms. The van der Waals surface area contributed by atoms with Gasteiger partial charge in [0.1, 0.15) is 6.04 Å². The van der Waals surface area contributed by atoms with E-state index in [4.69, 9.17) is 14.6 Å². The molecule has 0 aliphatic carbocycles. The molecule has 0 fully saturated rings. The minimum Gasteiger partial charge on any atom is -0.493 e. The van der Waals surface area contributed by atoms with Crippen LogP contribution in [-0.4, -0.2) is 42.3 Å². The molecule has 112 valence electrons. The summed E-state index contributed by atoms with van der Waals surface area (Å²) in [5.74, 6) is 0.520. The van der Waals surface area contributed by atoms with Crippen LogP contribution in [0.5, 0.6) is 11.5 Å². The highest BCUT2D eigenvalue weighted by molar-refractivity contribution is 5.72. The van der Waals surface area contributed by atoms with Gasteiger partial charge in [-0.05, 0) is 45.5 Å². The van der Waals surface area contributed by atoms with E-state index in [-0.39, 0.29) is 6.10 Å². The van der Waals surface area contributed by atoms with Gasteiger partial charge in [0.05, 0.1) is 13.2 Å². The van der Waals surface area contributed by atoms with Crippen LogP contribution >= 0.6 is 0 Å². The Hall–Kier alpha value is -1.75. The standard InChI is InChI=1S/C15H23NO4/c1-10(2)20-13-7-6-12(8-14(13)19-5)9-16(4)11(3)15(17)18/h6-8,10-11H,9H2,1-5H3,(H,17,18). The fourth-order valence-corrected chi connectivity index (χ4v) is 1.78. The minimum absolute atomic E-state index is 0.0736. The Labute approximate surface area is 120 Å². The average molecular weight is 281 g/mol. The number of aliphatic carboxylic acids is 1. The number of hydrogen-bond acceptors (Lipinski definition) is 4. The van der Waals surface area contributed by atoms with E-state index in [2.05, 4.69) is 0 Å². The number of carboxylic acid groups (broad SMARTS) is 1. The van der Waals surface area contributed by atoms with Gasteiger partial charge in [-0.3, -0.25) is 9.69 Å². The number of carbonyl (C=O) groups is 1. The summed E-state index contributed by atoms with van der Waals surface area (Å²) < 4.78 is 11.0. The summed E-state index contributed by atoms with van der Waals surface area (Å²) in [6.45, 7) is 6.10. The molecular formula is C15H23NO4. The molecule has 0 aliphatic rings. The van der Waals surface area contributed by atoms with Crippen LogP contribution < -0.4 is 9.47 Å². The highest BCUT2D eigenvalue weighted by Gasteiger charge is 2.17. The second-order valence-electron chi connectivity index (χ2n) is 5.08. The van der Waals surface area contributed by atoms with Crippen molar-refractivity contribution in [1.82, 2.24) is 4.90 Å². The number of hydrogen-bond donors (Lipinski definition) is 1. The van der Waals surface area contributed by atoms with Crippen LogP contribution in [-0.2, 0) is 11.3 Å². The summed E-state index contributed by atoms with van der Waals surface area (Å²) >= 11 is 0. The molecule has 0 aromatic heterocycles. The maximum absolute atomic E-state index is 10.9. The summed E-state index contributed by atoms with van der Waals surface area (Å²) in [5, 5.41) is 8.99. The van der Waals surface area contributed by atoms with Crippen LogP contribution in [0.2, 0.25) is 0 Å². The van der Waals surface area contributed by atoms with Gasteiger partial charge >= 0.3 is 5.97 Å². The normalized spacial score (nSPS) is 12.6. The van der Waals surface area contributed by atoms with Crippen molar-refractivity contribution in [2.45, 2.75) is 39.5 Å². The first kappa shape index (κ1) is 16.3. The lowest BCUT2D eigenvalue weighted by molar-refractivity contribution is -0.142. The molecule has 5 nitrogen and oxygen atoms in total. The zero-order valence-electron chi connectivity index (χ0n) is 12.7. The summed E-state index contributed by atoms with van der Waals surface area (Å²) in [4.78, 5) is 12.7. The number of methoxy groups -OCH3 is 1. The smallest absolute Gasteiger partial charge is 0.320 e. The highest BCUT2D eigenvalue weighted by atomic mass is 16.5. The van der Waals surface area contributed by atoms with Crippen LogP contribution in [0.3, 0.4) is 0 Å². The summed E-state index contributed by atoms with van der Waals surface area (Å²) in [6, 6.07) is 5.12. The Balaban J connectivity index is 2.85. The lowest BCUT2D eigenvalue weighted by atomic mass is 10.1. The van der Waals surface area contributed by atoms with Crippen molar-refractivity contribution in [2.75, 3.05) is 14.2 Å². The SMILES string of the molecule is COc1cc(CN(C)C(C)C(=O)O)ccc1OC(C)C. The third-order valence-electron chi connectivity index (χ3n) is 3.04. The molecule has 1 aromatic rings. The highest BCUT2D eigenvalue weighted by Crippen LogP contribution is 2.29. The van der Waals surface area contributed by atoms with E-state index in [9.17, 15) is 4.79 Å². The quantitative estimate of drug-likeness (QED) is 0.831. The fourth-order valence-electron chi connectivity index (χ4n) is 1.78. The molecule has 0 bridgehead atoms. The van der Waals surface area contributed by atoms with Gasteiger partial charge in [0, 0.05) is 6.54 Å². The third kappa shape index (κ3) is 4.42. The van der Waals surface area contributed by atoms with Crippen molar-refractivity contribution in [3.8, 4) is 11.5 Å². The van der Waals surface area contributed by atoms with E-state index in [0.717, 1.165) is 5.56 Å². The number of carboxylic acids is 1. The molecule has 5 heteroatoms.